The van der Waals surface area contributed by atoms with Crippen LogP contribution in [0.25, 0.3) is 0 Å². The molecule has 102 valence electrons. The maximum absolute atomic E-state index is 12.5. The highest BCUT2D eigenvalue weighted by Gasteiger charge is 2.24. The highest BCUT2D eigenvalue weighted by atomic mass is 79.9. The van der Waals surface area contributed by atoms with E-state index in [0.717, 1.165) is 11.1 Å². The molecule has 0 N–H and O–H groups in total. The molecule has 0 amide bonds. The third-order valence-electron chi connectivity index (χ3n) is 3.05. The van der Waals surface area contributed by atoms with Crippen LogP contribution in [-0.2, 0) is 4.74 Å². The van der Waals surface area contributed by atoms with Gasteiger partial charge in [0.1, 0.15) is 18.5 Å². The lowest BCUT2D eigenvalue weighted by molar-refractivity contribution is 0.103. The van der Waals surface area contributed by atoms with Gasteiger partial charge in [-0.3, -0.25) is 4.79 Å². The molecule has 2 aromatic carbocycles. The Hall–Kier alpha value is -1.65. The molecule has 20 heavy (non-hydrogen) atoms. The Labute approximate surface area is 125 Å². The van der Waals surface area contributed by atoms with Gasteiger partial charge in [0.15, 0.2) is 5.78 Å². The molecule has 1 aliphatic rings. The van der Waals surface area contributed by atoms with Gasteiger partial charge >= 0.3 is 0 Å². The predicted octanol–water partition coefficient (Wildman–Crippen LogP) is 3.46. The molecule has 0 saturated carbocycles. The number of ketones is 1. The summed E-state index contributed by atoms with van der Waals surface area (Å²) >= 11 is 3.40. The summed E-state index contributed by atoms with van der Waals surface area (Å²) in [5.74, 6) is 0.552. The van der Waals surface area contributed by atoms with Gasteiger partial charge in [-0.2, -0.15) is 0 Å². The predicted molar refractivity (Wildman–Crippen MR) is 79.3 cm³/mol. The van der Waals surface area contributed by atoms with Crippen LogP contribution in [0.5, 0.6) is 5.75 Å². The summed E-state index contributed by atoms with van der Waals surface area (Å²) in [7, 11) is 0. The smallest absolute Gasteiger partial charge is 0.196 e. The van der Waals surface area contributed by atoms with E-state index in [4.69, 9.17) is 9.47 Å². The van der Waals surface area contributed by atoms with E-state index in [2.05, 4.69) is 15.9 Å². The van der Waals surface area contributed by atoms with Gasteiger partial charge < -0.3 is 9.47 Å². The van der Waals surface area contributed by atoms with Gasteiger partial charge in [-0.05, 0) is 18.2 Å². The molecule has 1 aliphatic heterocycles. The van der Waals surface area contributed by atoms with Crippen molar-refractivity contribution in [2.45, 2.75) is 6.10 Å². The molecule has 0 bridgehead atoms. The first-order chi connectivity index (χ1) is 9.74. The standard InChI is InChI=1S/C16H13BrO3/c17-12-6-7-15(20-10-13-9-19-13)14(8-12)16(18)11-4-2-1-3-5-11/h1-8,13H,9-10H2. The topological polar surface area (TPSA) is 38.8 Å². The molecule has 3 rings (SSSR count). The van der Waals surface area contributed by atoms with E-state index in [-0.39, 0.29) is 11.9 Å². The molecule has 1 unspecified atom stereocenters. The Kier molecular flexibility index (Phi) is 3.85. The summed E-state index contributed by atoms with van der Waals surface area (Å²) in [6.07, 6.45) is 0.165. The molecule has 1 saturated heterocycles. The van der Waals surface area contributed by atoms with Crippen LogP contribution in [-0.4, -0.2) is 25.1 Å². The van der Waals surface area contributed by atoms with Crippen molar-refractivity contribution in [2.24, 2.45) is 0 Å². The second kappa shape index (κ2) is 5.77. The molecule has 1 heterocycles. The maximum Gasteiger partial charge on any atom is 0.196 e. The average Bonchev–Trinajstić information content (AvgIpc) is 3.30. The maximum atomic E-state index is 12.5. The quantitative estimate of drug-likeness (QED) is 0.621. The first kappa shape index (κ1) is 13.3. The van der Waals surface area contributed by atoms with Crippen molar-refractivity contribution in [2.75, 3.05) is 13.2 Å². The lowest BCUT2D eigenvalue weighted by atomic mass is 10.0. The summed E-state index contributed by atoms with van der Waals surface area (Å²) in [5.41, 5.74) is 1.21. The fourth-order valence-corrected chi connectivity index (χ4v) is 2.26. The van der Waals surface area contributed by atoms with E-state index < -0.39 is 0 Å². The number of hydrogen-bond donors (Lipinski definition) is 0. The van der Waals surface area contributed by atoms with Gasteiger partial charge in [-0.25, -0.2) is 0 Å². The Morgan fingerprint density at radius 2 is 2.00 bits per heavy atom. The second-order valence-corrected chi connectivity index (χ2v) is 5.52. The molecule has 1 atom stereocenters. The Morgan fingerprint density at radius 3 is 2.70 bits per heavy atom. The van der Waals surface area contributed by atoms with Crippen LogP contribution >= 0.6 is 15.9 Å². The molecule has 0 radical (unpaired) electrons. The molecule has 0 spiro atoms. The normalized spacial score (nSPS) is 16.8. The third kappa shape index (κ3) is 3.08. The first-order valence-electron chi connectivity index (χ1n) is 6.38. The number of hydrogen-bond acceptors (Lipinski definition) is 3. The summed E-state index contributed by atoms with van der Waals surface area (Å²) in [5, 5.41) is 0. The molecular formula is C16H13BrO3. The molecular weight excluding hydrogens is 320 g/mol. The number of carbonyl (C=O) groups is 1. The number of carbonyl (C=O) groups excluding carboxylic acids is 1. The van der Waals surface area contributed by atoms with Crippen molar-refractivity contribution in [3.8, 4) is 5.75 Å². The molecule has 2 aromatic rings. The van der Waals surface area contributed by atoms with E-state index in [1.54, 1.807) is 18.2 Å². The first-order valence-corrected chi connectivity index (χ1v) is 7.17. The van der Waals surface area contributed by atoms with Crippen LogP contribution in [0, 0.1) is 0 Å². The van der Waals surface area contributed by atoms with Crippen molar-refractivity contribution in [1.29, 1.82) is 0 Å². The van der Waals surface area contributed by atoms with Crippen LogP contribution in [0.2, 0.25) is 0 Å². The van der Waals surface area contributed by atoms with E-state index in [1.165, 1.54) is 0 Å². The largest absolute Gasteiger partial charge is 0.490 e. The number of benzene rings is 2. The minimum absolute atomic E-state index is 0.0429. The second-order valence-electron chi connectivity index (χ2n) is 4.60. The Bertz CT molecular complexity index is 621. The molecule has 0 aromatic heterocycles. The highest BCUT2D eigenvalue weighted by Crippen LogP contribution is 2.26. The summed E-state index contributed by atoms with van der Waals surface area (Å²) in [6.45, 7) is 1.22. The van der Waals surface area contributed by atoms with Gasteiger partial charge in [0.05, 0.1) is 12.2 Å². The van der Waals surface area contributed by atoms with Crippen molar-refractivity contribution in [3.05, 3.63) is 64.1 Å². The lowest BCUT2D eigenvalue weighted by Crippen LogP contribution is -2.09. The van der Waals surface area contributed by atoms with Crippen molar-refractivity contribution < 1.29 is 14.3 Å². The van der Waals surface area contributed by atoms with Gasteiger partial charge in [-0.15, -0.1) is 0 Å². The van der Waals surface area contributed by atoms with Crippen LogP contribution in [0.4, 0.5) is 0 Å². The van der Waals surface area contributed by atoms with Crippen molar-refractivity contribution in [3.63, 3.8) is 0 Å². The van der Waals surface area contributed by atoms with E-state index in [0.29, 0.717) is 23.5 Å². The fourth-order valence-electron chi connectivity index (χ4n) is 1.90. The molecule has 0 aliphatic carbocycles. The highest BCUT2D eigenvalue weighted by molar-refractivity contribution is 9.10. The zero-order valence-electron chi connectivity index (χ0n) is 10.7. The van der Waals surface area contributed by atoms with Crippen LogP contribution in [0.15, 0.2) is 53.0 Å². The minimum atomic E-state index is -0.0429. The van der Waals surface area contributed by atoms with Gasteiger partial charge in [0, 0.05) is 10.0 Å². The SMILES string of the molecule is O=C(c1ccccc1)c1cc(Br)ccc1OCC1CO1. The van der Waals surface area contributed by atoms with Crippen molar-refractivity contribution in [1.82, 2.24) is 0 Å². The summed E-state index contributed by atoms with van der Waals surface area (Å²) < 4.78 is 11.7. The van der Waals surface area contributed by atoms with Crippen molar-refractivity contribution >= 4 is 21.7 Å². The van der Waals surface area contributed by atoms with E-state index in [9.17, 15) is 4.79 Å². The average molecular weight is 333 g/mol. The summed E-state index contributed by atoms with van der Waals surface area (Å²) in [4.78, 5) is 12.5. The Balaban J connectivity index is 1.89. The number of rotatable bonds is 5. The molecule has 1 fully saturated rings. The van der Waals surface area contributed by atoms with Crippen LogP contribution in [0.3, 0.4) is 0 Å². The fraction of sp³-hybridized carbons (Fsp3) is 0.188. The number of halogens is 1. The number of ether oxygens (including phenoxy) is 2. The minimum Gasteiger partial charge on any atom is -0.490 e. The monoisotopic (exact) mass is 332 g/mol. The van der Waals surface area contributed by atoms with Gasteiger partial charge in [-0.1, -0.05) is 46.3 Å². The third-order valence-corrected chi connectivity index (χ3v) is 3.54. The lowest BCUT2D eigenvalue weighted by Gasteiger charge is -2.10. The van der Waals surface area contributed by atoms with E-state index >= 15 is 0 Å². The Morgan fingerprint density at radius 1 is 1.25 bits per heavy atom. The molecule has 4 heteroatoms. The number of epoxide rings is 1. The summed E-state index contributed by atoms with van der Waals surface area (Å²) in [6, 6.07) is 14.7. The van der Waals surface area contributed by atoms with Crippen LogP contribution in [0.1, 0.15) is 15.9 Å². The van der Waals surface area contributed by atoms with Gasteiger partial charge in [0.25, 0.3) is 0 Å². The zero-order valence-corrected chi connectivity index (χ0v) is 12.3. The van der Waals surface area contributed by atoms with E-state index in [1.807, 2.05) is 30.3 Å². The molecule has 3 nitrogen and oxygen atoms in total. The zero-order chi connectivity index (χ0) is 13.9. The van der Waals surface area contributed by atoms with Crippen LogP contribution < -0.4 is 4.74 Å². The van der Waals surface area contributed by atoms with Gasteiger partial charge in [0.2, 0.25) is 0 Å².